The molecule has 158 valence electrons. The maximum Gasteiger partial charge on any atom is 0.219 e. The number of carbonyl (C=O) groups is 1. The number of aliphatic hydroxyl groups is 2. The van der Waals surface area contributed by atoms with E-state index in [0.29, 0.717) is 42.8 Å². The van der Waals surface area contributed by atoms with Gasteiger partial charge in [-0.2, -0.15) is 0 Å². The summed E-state index contributed by atoms with van der Waals surface area (Å²) >= 11 is 0. The zero-order valence-electron chi connectivity index (χ0n) is 16.5. The van der Waals surface area contributed by atoms with Crippen LogP contribution in [0, 0.1) is 0 Å². The third-order valence-corrected chi connectivity index (χ3v) is 5.57. The Morgan fingerprint density at radius 2 is 2.14 bits per heavy atom. The minimum Gasteiger partial charge on any atom is -0.387 e. The number of aryl methyl sites for hydroxylation is 1. The lowest BCUT2D eigenvalue weighted by Gasteiger charge is -2.17. The van der Waals surface area contributed by atoms with Gasteiger partial charge >= 0.3 is 0 Å². The zero-order chi connectivity index (χ0) is 20.5. The molecular formula is C19H28N6O4. The standard InChI is InChI=1S/C19H28N6O4/c1-2-13(26)21-5-3-4-11-8-25(18-14(11)17(20)22-10-23-18)19-16(28)15(27)12(29-19)9-24-6-7-24/h8,10,12,15-16,19,27-28H,2-7,9H2,1H3,(H,21,26)(H2,20,22,23)/t12-,15?,16?,19-/m1/s1. The number of amides is 1. The van der Waals surface area contributed by atoms with Crippen LogP contribution < -0.4 is 11.1 Å². The second kappa shape index (κ2) is 8.23. The average molecular weight is 404 g/mol. The van der Waals surface area contributed by atoms with Gasteiger partial charge in [-0.3, -0.25) is 9.69 Å². The molecule has 0 radical (unpaired) electrons. The lowest BCUT2D eigenvalue weighted by molar-refractivity contribution is -0.120. The molecule has 0 bridgehead atoms. The number of rotatable bonds is 8. The first-order valence-corrected chi connectivity index (χ1v) is 10.1. The van der Waals surface area contributed by atoms with Gasteiger partial charge in [-0.15, -0.1) is 0 Å². The van der Waals surface area contributed by atoms with Crippen LogP contribution in [0.4, 0.5) is 5.82 Å². The van der Waals surface area contributed by atoms with E-state index in [4.69, 9.17) is 10.5 Å². The number of aromatic nitrogens is 3. The highest BCUT2D eigenvalue weighted by atomic mass is 16.6. The highest BCUT2D eigenvalue weighted by Crippen LogP contribution is 2.35. The predicted octanol–water partition coefficient (Wildman–Crippen LogP) is -0.593. The fourth-order valence-electron chi connectivity index (χ4n) is 3.82. The summed E-state index contributed by atoms with van der Waals surface area (Å²) < 4.78 is 7.76. The maximum absolute atomic E-state index is 11.4. The molecule has 2 aliphatic rings. The first-order chi connectivity index (χ1) is 14.0. The molecule has 10 heteroatoms. The van der Waals surface area contributed by atoms with Crippen molar-refractivity contribution in [3.05, 3.63) is 18.1 Å². The Hall–Kier alpha value is -2.27. The molecule has 0 saturated carbocycles. The third-order valence-electron chi connectivity index (χ3n) is 5.57. The molecule has 0 aromatic carbocycles. The van der Waals surface area contributed by atoms with Gasteiger partial charge in [-0.25, -0.2) is 9.97 Å². The fraction of sp³-hybridized carbons (Fsp3) is 0.632. The number of carbonyl (C=O) groups excluding carboxylic acids is 1. The number of aliphatic hydroxyl groups excluding tert-OH is 2. The van der Waals surface area contributed by atoms with Crippen LogP contribution in [-0.4, -0.2) is 80.0 Å². The largest absolute Gasteiger partial charge is 0.387 e. The Kier molecular flexibility index (Phi) is 5.68. The molecule has 4 rings (SSSR count). The maximum atomic E-state index is 11.4. The summed E-state index contributed by atoms with van der Waals surface area (Å²) in [6.45, 7) is 4.95. The van der Waals surface area contributed by atoms with Gasteiger partial charge in [0.05, 0.1) is 5.39 Å². The van der Waals surface area contributed by atoms with Crippen molar-refractivity contribution in [2.24, 2.45) is 0 Å². The van der Waals surface area contributed by atoms with Crippen molar-refractivity contribution in [2.75, 3.05) is 31.9 Å². The topological polar surface area (TPSA) is 139 Å². The van der Waals surface area contributed by atoms with E-state index in [1.807, 2.05) is 13.1 Å². The number of hydrogen-bond acceptors (Lipinski definition) is 8. The number of ether oxygens (including phenoxy) is 1. The minimum absolute atomic E-state index is 0.0178. The number of nitrogens with one attached hydrogen (secondary N) is 1. The molecule has 2 aliphatic heterocycles. The summed E-state index contributed by atoms with van der Waals surface area (Å²) in [6, 6.07) is 0. The second-order valence-corrected chi connectivity index (χ2v) is 7.67. The summed E-state index contributed by atoms with van der Waals surface area (Å²) in [7, 11) is 0. The molecular weight excluding hydrogens is 376 g/mol. The van der Waals surface area contributed by atoms with Gasteiger partial charge in [0.2, 0.25) is 5.91 Å². The van der Waals surface area contributed by atoms with E-state index in [2.05, 4.69) is 20.2 Å². The quantitative estimate of drug-likeness (QED) is 0.338. The zero-order valence-corrected chi connectivity index (χ0v) is 16.5. The minimum atomic E-state index is -1.07. The van der Waals surface area contributed by atoms with Crippen molar-refractivity contribution in [3.63, 3.8) is 0 Å². The number of nitrogen functional groups attached to an aromatic ring is 1. The summed E-state index contributed by atoms with van der Waals surface area (Å²) in [5.41, 5.74) is 7.60. The van der Waals surface area contributed by atoms with Crippen LogP contribution >= 0.6 is 0 Å². The van der Waals surface area contributed by atoms with Crippen LogP contribution in [0.3, 0.4) is 0 Å². The molecule has 5 N–H and O–H groups in total. The number of anilines is 1. The molecule has 4 heterocycles. The number of hydrogen-bond donors (Lipinski definition) is 4. The molecule has 2 aromatic rings. The molecule has 2 saturated heterocycles. The number of nitrogens with two attached hydrogens (primary N) is 1. The van der Waals surface area contributed by atoms with Gasteiger partial charge in [-0.05, 0) is 18.4 Å². The van der Waals surface area contributed by atoms with Gasteiger partial charge in [0.15, 0.2) is 6.23 Å². The molecule has 0 aliphatic carbocycles. The van der Waals surface area contributed by atoms with Gasteiger partial charge in [0.1, 0.15) is 36.1 Å². The van der Waals surface area contributed by atoms with Crippen molar-refractivity contribution in [2.45, 2.75) is 50.7 Å². The average Bonchev–Trinajstić information content (AvgIpc) is 3.40. The monoisotopic (exact) mass is 404 g/mol. The van der Waals surface area contributed by atoms with Gasteiger partial charge in [-0.1, -0.05) is 6.92 Å². The Bertz CT molecular complexity index is 883. The van der Waals surface area contributed by atoms with E-state index in [-0.39, 0.29) is 5.91 Å². The van der Waals surface area contributed by atoms with Gasteiger partial charge in [0.25, 0.3) is 0 Å². The number of fused-ring (bicyclic) bond motifs is 1. The Morgan fingerprint density at radius 3 is 2.86 bits per heavy atom. The lowest BCUT2D eigenvalue weighted by Crippen LogP contribution is -2.35. The van der Waals surface area contributed by atoms with Crippen LogP contribution in [-0.2, 0) is 16.0 Å². The Morgan fingerprint density at radius 1 is 1.34 bits per heavy atom. The SMILES string of the molecule is CCC(=O)NCCCc1cn([C@@H]2O[C@H](CN3CC3)C(O)C2O)c2ncnc(N)c12. The molecule has 10 nitrogen and oxygen atoms in total. The van der Waals surface area contributed by atoms with E-state index in [1.54, 1.807) is 4.57 Å². The van der Waals surface area contributed by atoms with E-state index < -0.39 is 24.5 Å². The first kappa shape index (κ1) is 20.0. The highest BCUT2D eigenvalue weighted by Gasteiger charge is 2.45. The van der Waals surface area contributed by atoms with Crippen LogP contribution in [0.5, 0.6) is 0 Å². The highest BCUT2D eigenvalue weighted by molar-refractivity contribution is 5.89. The second-order valence-electron chi connectivity index (χ2n) is 7.67. The summed E-state index contributed by atoms with van der Waals surface area (Å²) in [5, 5.41) is 24.6. The fourth-order valence-corrected chi connectivity index (χ4v) is 3.82. The van der Waals surface area contributed by atoms with Crippen molar-refractivity contribution < 1.29 is 19.7 Å². The van der Waals surface area contributed by atoms with Crippen molar-refractivity contribution in [3.8, 4) is 0 Å². The predicted molar refractivity (Wildman–Crippen MR) is 106 cm³/mol. The normalized spacial score (nSPS) is 26.9. The van der Waals surface area contributed by atoms with Crippen molar-refractivity contribution in [1.29, 1.82) is 0 Å². The molecule has 29 heavy (non-hydrogen) atoms. The van der Waals surface area contributed by atoms with E-state index >= 15 is 0 Å². The Labute approximate surface area is 168 Å². The molecule has 1 amide bonds. The third kappa shape index (κ3) is 4.06. The smallest absolute Gasteiger partial charge is 0.219 e. The summed E-state index contributed by atoms with van der Waals surface area (Å²) in [4.78, 5) is 22.0. The van der Waals surface area contributed by atoms with Crippen LogP contribution in [0.1, 0.15) is 31.6 Å². The molecule has 2 fully saturated rings. The number of nitrogens with zero attached hydrogens (tertiary/aromatic N) is 4. The lowest BCUT2D eigenvalue weighted by atomic mass is 10.1. The Balaban J connectivity index is 1.56. The molecule has 2 unspecified atom stereocenters. The molecule has 0 spiro atoms. The van der Waals surface area contributed by atoms with Crippen molar-refractivity contribution in [1.82, 2.24) is 24.8 Å². The van der Waals surface area contributed by atoms with Crippen LogP contribution in [0.2, 0.25) is 0 Å². The van der Waals surface area contributed by atoms with E-state index in [1.165, 1.54) is 6.33 Å². The van der Waals surface area contributed by atoms with Crippen molar-refractivity contribution >= 4 is 22.8 Å². The molecule has 2 aromatic heterocycles. The van der Waals surface area contributed by atoms with Crippen LogP contribution in [0.25, 0.3) is 11.0 Å². The van der Waals surface area contributed by atoms with Gasteiger partial charge < -0.3 is 30.6 Å². The van der Waals surface area contributed by atoms with Gasteiger partial charge in [0, 0.05) is 38.8 Å². The molecule has 4 atom stereocenters. The summed E-state index contributed by atoms with van der Waals surface area (Å²) in [5.74, 6) is 0.374. The first-order valence-electron chi connectivity index (χ1n) is 10.1. The van der Waals surface area contributed by atoms with E-state index in [0.717, 1.165) is 25.1 Å². The van der Waals surface area contributed by atoms with E-state index in [9.17, 15) is 15.0 Å². The summed E-state index contributed by atoms with van der Waals surface area (Å²) in [6.07, 6.45) is 1.84. The van der Waals surface area contributed by atoms with Crippen LogP contribution in [0.15, 0.2) is 12.5 Å².